The predicted octanol–water partition coefficient (Wildman–Crippen LogP) is 1.74. The van der Waals surface area contributed by atoms with Crippen molar-refractivity contribution in [3.63, 3.8) is 0 Å². The molecule has 166 valence electrons. The highest BCUT2D eigenvalue weighted by Crippen LogP contribution is 2.33. The summed E-state index contributed by atoms with van der Waals surface area (Å²) >= 11 is 0. The van der Waals surface area contributed by atoms with E-state index in [1.807, 2.05) is 4.90 Å². The third-order valence-corrected chi connectivity index (χ3v) is 5.47. The molecule has 11 heteroatoms. The summed E-state index contributed by atoms with van der Waals surface area (Å²) in [7, 11) is 1.69. The number of aromatic nitrogens is 3. The fourth-order valence-electron chi connectivity index (χ4n) is 3.89. The highest BCUT2D eigenvalue weighted by molar-refractivity contribution is 5.96. The van der Waals surface area contributed by atoms with Crippen molar-refractivity contribution in [1.29, 1.82) is 0 Å². The highest BCUT2D eigenvalue weighted by atomic mass is 16.6. The fraction of sp³-hybridized carbons (Fsp3) is 0.333. The van der Waals surface area contributed by atoms with E-state index in [9.17, 15) is 19.7 Å². The maximum absolute atomic E-state index is 12.9. The molecule has 0 N–H and O–H groups in total. The molecule has 1 saturated heterocycles. The van der Waals surface area contributed by atoms with Crippen LogP contribution in [0.25, 0.3) is 10.9 Å². The van der Waals surface area contributed by atoms with E-state index in [1.165, 1.54) is 12.3 Å². The van der Waals surface area contributed by atoms with Gasteiger partial charge in [-0.15, -0.1) is 0 Å². The van der Waals surface area contributed by atoms with Gasteiger partial charge in [-0.05, 0) is 13.0 Å². The Morgan fingerprint density at radius 1 is 1.19 bits per heavy atom. The zero-order valence-corrected chi connectivity index (χ0v) is 17.7. The average Bonchev–Trinajstić information content (AvgIpc) is 2.81. The second kappa shape index (κ2) is 8.61. The van der Waals surface area contributed by atoms with Gasteiger partial charge in [0.1, 0.15) is 17.1 Å². The van der Waals surface area contributed by atoms with Crippen molar-refractivity contribution in [1.82, 2.24) is 14.5 Å². The number of piperazine rings is 1. The summed E-state index contributed by atoms with van der Waals surface area (Å²) in [5.74, 6) is 0.0101. The van der Waals surface area contributed by atoms with Crippen LogP contribution in [-0.2, 0) is 11.8 Å². The van der Waals surface area contributed by atoms with Gasteiger partial charge < -0.3 is 19.1 Å². The van der Waals surface area contributed by atoms with Crippen LogP contribution in [0.3, 0.4) is 0 Å². The zero-order valence-electron chi connectivity index (χ0n) is 17.7. The van der Waals surface area contributed by atoms with Crippen molar-refractivity contribution in [2.75, 3.05) is 42.6 Å². The minimum atomic E-state index is -0.748. The summed E-state index contributed by atoms with van der Waals surface area (Å²) in [4.78, 5) is 48.8. The van der Waals surface area contributed by atoms with Crippen LogP contribution in [0.5, 0.6) is 0 Å². The molecule has 0 bridgehead atoms. The van der Waals surface area contributed by atoms with Gasteiger partial charge in [-0.2, -0.15) is 0 Å². The van der Waals surface area contributed by atoms with E-state index < -0.39 is 16.3 Å². The number of aryl methyl sites for hydroxylation is 1. The third kappa shape index (κ3) is 3.84. The van der Waals surface area contributed by atoms with Crippen LogP contribution in [0.1, 0.15) is 17.3 Å². The molecule has 0 amide bonds. The molecule has 3 aromatic rings. The Labute approximate surface area is 183 Å². The smallest absolute Gasteiger partial charge is 0.343 e. The number of hydrogen-bond donors (Lipinski definition) is 0. The quantitative estimate of drug-likeness (QED) is 0.333. The van der Waals surface area contributed by atoms with E-state index in [0.29, 0.717) is 37.4 Å². The van der Waals surface area contributed by atoms with E-state index in [1.54, 1.807) is 43.2 Å². The predicted molar refractivity (Wildman–Crippen MR) is 118 cm³/mol. The molecule has 1 aliphatic rings. The molecule has 0 spiro atoms. The van der Waals surface area contributed by atoms with E-state index in [0.717, 1.165) is 5.82 Å². The van der Waals surface area contributed by atoms with E-state index in [4.69, 9.17) is 4.74 Å². The number of benzene rings is 1. The summed E-state index contributed by atoms with van der Waals surface area (Å²) in [5.41, 5.74) is 0.0175. The number of pyridine rings is 1. The molecule has 0 unspecified atom stereocenters. The standard InChI is InChI=1S/C21H22N6O5/c1-3-32-21(29)15-13-24(2)16-11-17(18(27(30)31)10-14(16)20(15)28)25-6-8-26(9-7-25)19-12-22-4-5-23-19/h4-5,10-13H,3,6-9H2,1-2H3. The van der Waals surface area contributed by atoms with Crippen molar-refractivity contribution in [2.24, 2.45) is 7.05 Å². The molecule has 32 heavy (non-hydrogen) atoms. The number of nitro groups is 1. The molecule has 0 saturated carbocycles. The maximum Gasteiger partial charge on any atom is 0.343 e. The van der Waals surface area contributed by atoms with Crippen LogP contribution in [0.15, 0.2) is 41.7 Å². The normalized spacial score (nSPS) is 13.9. The minimum Gasteiger partial charge on any atom is -0.462 e. The van der Waals surface area contributed by atoms with Crippen LogP contribution >= 0.6 is 0 Å². The molecular formula is C21H22N6O5. The number of nitrogens with zero attached hydrogens (tertiary/aromatic N) is 6. The lowest BCUT2D eigenvalue weighted by molar-refractivity contribution is -0.384. The molecule has 11 nitrogen and oxygen atoms in total. The van der Waals surface area contributed by atoms with Crippen molar-refractivity contribution in [3.8, 4) is 0 Å². The lowest BCUT2D eigenvalue weighted by Gasteiger charge is -2.36. The largest absolute Gasteiger partial charge is 0.462 e. The van der Waals surface area contributed by atoms with Gasteiger partial charge in [-0.3, -0.25) is 19.9 Å². The van der Waals surface area contributed by atoms with Crippen LogP contribution in [0.2, 0.25) is 0 Å². The molecule has 1 aliphatic heterocycles. The van der Waals surface area contributed by atoms with E-state index >= 15 is 0 Å². The van der Waals surface area contributed by atoms with E-state index in [-0.39, 0.29) is 23.2 Å². The van der Waals surface area contributed by atoms with Crippen molar-refractivity contribution in [2.45, 2.75) is 6.92 Å². The Bertz CT molecular complexity index is 1230. The van der Waals surface area contributed by atoms with Crippen LogP contribution in [-0.4, -0.2) is 58.2 Å². The first-order valence-electron chi connectivity index (χ1n) is 10.2. The molecule has 2 aromatic heterocycles. The number of ether oxygens (including phenoxy) is 1. The first-order chi connectivity index (χ1) is 15.4. The Balaban J connectivity index is 1.72. The third-order valence-electron chi connectivity index (χ3n) is 5.47. The van der Waals surface area contributed by atoms with Gasteiger partial charge in [0.15, 0.2) is 0 Å². The number of carbonyl (C=O) groups is 1. The second-order valence-corrected chi connectivity index (χ2v) is 7.36. The second-order valence-electron chi connectivity index (χ2n) is 7.36. The van der Waals surface area contributed by atoms with Gasteiger partial charge in [0, 0.05) is 57.9 Å². The molecule has 0 radical (unpaired) electrons. The zero-order chi connectivity index (χ0) is 22.8. The van der Waals surface area contributed by atoms with Gasteiger partial charge in [0.25, 0.3) is 5.69 Å². The number of anilines is 2. The summed E-state index contributed by atoms with van der Waals surface area (Å²) in [6.07, 6.45) is 6.33. The maximum atomic E-state index is 12.9. The van der Waals surface area contributed by atoms with Gasteiger partial charge in [0.2, 0.25) is 5.43 Å². The summed E-state index contributed by atoms with van der Waals surface area (Å²) < 4.78 is 6.56. The number of nitro benzene ring substituents is 1. The highest BCUT2D eigenvalue weighted by Gasteiger charge is 2.27. The fourth-order valence-corrected chi connectivity index (χ4v) is 3.89. The van der Waals surface area contributed by atoms with Gasteiger partial charge in [-0.1, -0.05) is 0 Å². The molecule has 4 rings (SSSR count). The average molecular weight is 438 g/mol. The van der Waals surface area contributed by atoms with Crippen LogP contribution in [0.4, 0.5) is 17.2 Å². The van der Waals surface area contributed by atoms with Crippen LogP contribution in [0, 0.1) is 10.1 Å². The van der Waals surface area contributed by atoms with Crippen molar-refractivity contribution >= 4 is 34.1 Å². The van der Waals surface area contributed by atoms with Gasteiger partial charge in [0.05, 0.1) is 28.6 Å². The summed E-state index contributed by atoms with van der Waals surface area (Å²) in [6, 6.07) is 2.90. The molecule has 3 heterocycles. The Morgan fingerprint density at radius 3 is 2.53 bits per heavy atom. The number of fused-ring (bicyclic) bond motifs is 1. The molecular weight excluding hydrogens is 416 g/mol. The molecule has 1 aromatic carbocycles. The van der Waals surface area contributed by atoms with Crippen molar-refractivity contribution in [3.05, 3.63) is 62.8 Å². The minimum absolute atomic E-state index is 0.103. The Morgan fingerprint density at radius 2 is 1.91 bits per heavy atom. The number of esters is 1. The summed E-state index contributed by atoms with van der Waals surface area (Å²) in [5, 5.41) is 12.0. The number of carbonyl (C=O) groups excluding carboxylic acids is 1. The van der Waals surface area contributed by atoms with E-state index in [2.05, 4.69) is 14.9 Å². The van der Waals surface area contributed by atoms with Crippen molar-refractivity contribution < 1.29 is 14.5 Å². The van der Waals surface area contributed by atoms with Crippen LogP contribution < -0.4 is 15.2 Å². The topological polar surface area (TPSA) is 124 Å². The molecule has 0 aliphatic carbocycles. The molecule has 1 fully saturated rings. The first-order valence-corrected chi connectivity index (χ1v) is 10.2. The first kappa shape index (κ1) is 21.2. The lowest BCUT2D eigenvalue weighted by Crippen LogP contribution is -2.47. The SMILES string of the molecule is CCOC(=O)c1cn(C)c2cc(N3CCN(c4cnccn4)CC3)c([N+](=O)[O-])cc2c1=O. The van der Waals surface area contributed by atoms with Gasteiger partial charge in [-0.25, -0.2) is 9.78 Å². The Hall–Kier alpha value is -4.02. The summed E-state index contributed by atoms with van der Waals surface area (Å²) in [6.45, 7) is 4.09. The Kier molecular flexibility index (Phi) is 5.71. The molecule has 0 atom stereocenters. The van der Waals surface area contributed by atoms with Gasteiger partial charge >= 0.3 is 5.97 Å². The number of hydrogen-bond acceptors (Lipinski definition) is 9. The number of rotatable bonds is 5. The lowest BCUT2D eigenvalue weighted by atomic mass is 10.1. The monoisotopic (exact) mass is 438 g/mol.